The fourth-order valence-electron chi connectivity index (χ4n) is 4.64. The molecule has 1 aromatic carbocycles. The number of carbonyl (C=O) groups is 1. The molecule has 0 bridgehead atoms. The van der Waals surface area contributed by atoms with Crippen molar-refractivity contribution in [3.05, 3.63) is 18.2 Å². The second-order valence-electron chi connectivity index (χ2n) is 8.71. The molecular formula is C22H32N2O5S. The second kappa shape index (κ2) is 9.14. The van der Waals surface area contributed by atoms with Gasteiger partial charge in [0.2, 0.25) is 15.9 Å². The minimum atomic E-state index is -3.63. The Labute approximate surface area is 179 Å². The maximum Gasteiger partial charge on any atom is 0.243 e. The van der Waals surface area contributed by atoms with E-state index >= 15 is 0 Å². The molecule has 1 aliphatic carbocycles. The van der Waals surface area contributed by atoms with Crippen LogP contribution in [-0.4, -0.2) is 51.0 Å². The molecule has 30 heavy (non-hydrogen) atoms. The molecule has 0 radical (unpaired) electrons. The van der Waals surface area contributed by atoms with Gasteiger partial charge in [0.05, 0.1) is 18.1 Å². The second-order valence-corrected chi connectivity index (χ2v) is 10.7. The van der Waals surface area contributed by atoms with Crippen LogP contribution in [0.4, 0.5) is 0 Å². The Hall–Kier alpha value is -1.80. The van der Waals surface area contributed by atoms with Gasteiger partial charge < -0.3 is 14.8 Å². The van der Waals surface area contributed by atoms with Crippen LogP contribution < -0.4 is 14.8 Å². The molecule has 2 aliphatic heterocycles. The minimum absolute atomic E-state index is 0.0846. The third-order valence-corrected chi connectivity index (χ3v) is 8.52. The van der Waals surface area contributed by atoms with Gasteiger partial charge >= 0.3 is 0 Å². The summed E-state index contributed by atoms with van der Waals surface area (Å²) in [5.41, 5.74) is 0. The average molecular weight is 437 g/mol. The van der Waals surface area contributed by atoms with E-state index < -0.39 is 10.0 Å². The highest BCUT2D eigenvalue weighted by Crippen LogP contribution is 2.34. The number of benzene rings is 1. The number of nitrogens with zero attached hydrogens (tertiary/aromatic N) is 1. The minimum Gasteiger partial charge on any atom is -0.490 e. The van der Waals surface area contributed by atoms with Crippen LogP contribution >= 0.6 is 0 Å². The molecule has 2 atom stereocenters. The summed E-state index contributed by atoms with van der Waals surface area (Å²) in [5, 5.41) is 3.23. The first-order valence-electron chi connectivity index (χ1n) is 11.2. The first kappa shape index (κ1) is 21.4. The molecule has 1 aromatic rings. The van der Waals surface area contributed by atoms with E-state index in [1.54, 1.807) is 18.2 Å². The van der Waals surface area contributed by atoms with Gasteiger partial charge in [0.15, 0.2) is 11.5 Å². The van der Waals surface area contributed by atoms with Gasteiger partial charge in [-0.2, -0.15) is 4.31 Å². The van der Waals surface area contributed by atoms with Gasteiger partial charge in [0.1, 0.15) is 0 Å². The van der Waals surface area contributed by atoms with Crippen molar-refractivity contribution >= 4 is 15.9 Å². The van der Waals surface area contributed by atoms with E-state index in [-0.39, 0.29) is 22.8 Å². The third kappa shape index (κ3) is 4.59. The number of piperidine rings is 1. The maximum atomic E-state index is 13.1. The van der Waals surface area contributed by atoms with Crippen LogP contribution in [0.15, 0.2) is 23.1 Å². The molecular weight excluding hydrogens is 404 g/mol. The number of nitrogens with one attached hydrogen (secondary N) is 1. The Bertz CT molecular complexity index is 864. The monoisotopic (exact) mass is 436 g/mol. The molecule has 2 fully saturated rings. The van der Waals surface area contributed by atoms with Gasteiger partial charge in [-0.3, -0.25) is 4.79 Å². The molecule has 1 amide bonds. The molecule has 1 saturated heterocycles. The lowest BCUT2D eigenvalue weighted by Gasteiger charge is -2.34. The Morgan fingerprint density at radius 1 is 1.00 bits per heavy atom. The summed E-state index contributed by atoms with van der Waals surface area (Å²) in [6.45, 7) is 3.99. The highest BCUT2D eigenvalue weighted by atomic mass is 32.2. The van der Waals surface area contributed by atoms with Crippen molar-refractivity contribution in [3.8, 4) is 11.5 Å². The lowest BCUT2D eigenvalue weighted by atomic mass is 9.85. The zero-order chi connectivity index (χ0) is 21.1. The van der Waals surface area contributed by atoms with Crippen molar-refractivity contribution in [2.75, 3.05) is 26.3 Å². The number of rotatable bonds is 4. The first-order chi connectivity index (χ1) is 14.4. The number of hydrogen-bond acceptors (Lipinski definition) is 5. The van der Waals surface area contributed by atoms with Crippen LogP contribution in [0.25, 0.3) is 0 Å². The van der Waals surface area contributed by atoms with E-state index in [1.165, 1.54) is 17.1 Å². The van der Waals surface area contributed by atoms with Crippen LogP contribution in [0.5, 0.6) is 11.5 Å². The van der Waals surface area contributed by atoms with E-state index in [9.17, 15) is 13.2 Å². The number of ether oxygens (including phenoxy) is 2. The molecule has 8 heteroatoms. The van der Waals surface area contributed by atoms with E-state index in [0.29, 0.717) is 56.6 Å². The molecule has 166 valence electrons. The van der Waals surface area contributed by atoms with Crippen LogP contribution in [-0.2, 0) is 14.8 Å². The van der Waals surface area contributed by atoms with Gasteiger partial charge in [-0.1, -0.05) is 19.8 Å². The molecule has 1 N–H and O–H groups in total. The van der Waals surface area contributed by atoms with E-state index in [0.717, 1.165) is 19.3 Å². The van der Waals surface area contributed by atoms with Crippen molar-refractivity contribution in [3.63, 3.8) is 0 Å². The van der Waals surface area contributed by atoms with Crippen LogP contribution in [0, 0.1) is 11.8 Å². The van der Waals surface area contributed by atoms with Crippen molar-refractivity contribution in [2.45, 2.75) is 62.8 Å². The van der Waals surface area contributed by atoms with E-state index in [1.807, 2.05) is 0 Å². The molecule has 0 spiro atoms. The van der Waals surface area contributed by atoms with E-state index in [2.05, 4.69) is 12.2 Å². The molecule has 2 heterocycles. The van der Waals surface area contributed by atoms with Crippen molar-refractivity contribution in [1.82, 2.24) is 9.62 Å². The first-order valence-corrected chi connectivity index (χ1v) is 12.6. The molecule has 0 unspecified atom stereocenters. The average Bonchev–Trinajstić information content (AvgIpc) is 3.00. The quantitative estimate of drug-likeness (QED) is 0.784. The van der Waals surface area contributed by atoms with Gasteiger partial charge in [-0.15, -0.1) is 0 Å². The summed E-state index contributed by atoms with van der Waals surface area (Å²) in [6, 6.07) is 5.06. The fourth-order valence-corrected chi connectivity index (χ4v) is 6.13. The number of amides is 1. The van der Waals surface area contributed by atoms with E-state index in [4.69, 9.17) is 9.47 Å². The van der Waals surface area contributed by atoms with Crippen molar-refractivity contribution in [2.24, 2.45) is 11.8 Å². The topological polar surface area (TPSA) is 84.9 Å². The lowest BCUT2D eigenvalue weighted by molar-refractivity contribution is -0.127. The van der Waals surface area contributed by atoms with Crippen molar-refractivity contribution < 1.29 is 22.7 Å². The van der Waals surface area contributed by atoms with Crippen molar-refractivity contribution in [1.29, 1.82) is 0 Å². The summed E-state index contributed by atoms with van der Waals surface area (Å²) in [6.07, 6.45) is 6.49. The third-order valence-electron chi connectivity index (χ3n) is 6.62. The van der Waals surface area contributed by atoms with Gasteiger partial charge in [0.25, 0.3) is 0 Å². The van der Waals surface area contributed by atoms with Crippen LogP contribution in [0.1, 0.15) is 51.9 Å². The zero-order valence-electron chi connectivity index (χ0n) is 17.6. The van der Waals surface area contributed by atoms with Gasteiger partial charge in [0, 0.05) is 37.5 Å². The number of carbonyl (C=O) groups excluding carboxylic acids is 1. The summed E-state index contributed by atoms with van der Waals surface area (Å²) in [4.78, 5) is 12.9. The molecule has 0 aromatic heterocycles. The number of hydrogen-bond donors (Lipinski definition) is 1. The highest BCUT2D eigenvalue weighted by Gasteiger charge is 2.34. The highest BCUT2D eigenvalue weighted by molar-refractivity contribution is 7.89. The molecule has 4 rings (SSSR count). The Morgan fingerprint density at radius 3 is 2.43 bits per heavy atom. The molecule has 3 aliphatic rings. The molecule has 7 nitrogen and oxygen atoms in total. The predicted octanol–water partition coefficient (Wildman–Crippen LogP) is 2.94. The standard InChI is InChI=1S/C22H32N2O5S/c1-16-5-2-3-6-19(16)23-22(25)17-9-11-24(12-10-17)30(26,27)18-7-8-20-21(15-18)29-14-4-13-28-20/h7-8,15-17,19H,2-6,9-14H2,1H3,(H,23,25)/t16-,19-/m1/s1. The maximum absolute atomic E-state index is 13.1. The SMILES string of the molecule is C[C@@H]1CCCC[C@H]1NC(=O)C1CCN(S(=O)(=O)c2ccc3c(c2)OCCCO3)CC1. The molecule has 1 saturated carbocycles. The predicted molar refractivity (Wildman–Crippen MR) is 113 cm³/mol. The van der Waals surface area contributed by atoms with Gasteiger partial charge in [-0.25, -0.2) is 8.42 Å². The number of fused-ring (bicyclic) bond motifs is 1. The Balaban J connectivity index is 1.37. The van der Waals surface area contributed by atoms with Crippen LogP contribution in [0.2, 0.25) is 0 Å². The smallest absolute Gasteiger partial charge is 0.243 e. The summed E-state index contributed by atoms with van der Waals surface area (Å²) >= 11 is 0. The summed E-state index contributed by atoms with van der Waals surface area (Å²) < 4.78 is 39.0. The largest absolute Gasteiger partial charge is 0.490 e. The van der Waals surface area contributed by atoms with Crippen LogP contribution in [0.3, 0.4) is 0 Å². The summed E-state index contributed by atoms with van der Waals surface area (Å²) in [5.74, 6) is 1.54. The zero-order valence-corrected chi connectivity index (χ0v) is 18.5. The Morgan fingerprint density at radius 2 is 1.70 bits per heavy atom. The Kier molecular flexibility index (Phi) is 6.53. The number of sulfonamides is 1. The lowest BCUT2D eigenvalue weighted by Crippen LogP contribution is -2.47. The normalized spacial score (nSPS) is 26.0. The fraction of sp³-hybridized carbons (Fsp3) is 0.682. The summed E-state index contributed by atoms with van der Waals surface area (Å²) in [7, 11) is -3.63. The van der Waals surface area contributed by atoms with Gasteiger partial charge in [-0.05, 0) is 43.7 Å².